The molecule has 9 heteroatoms. The van der Waals surface area contributed by atoms with Crippen molar-refractivity contribution in [2.24, 2.45) is 11.8 Å². The number of fused-ring (bicyclic) bond motifs is 1. The molecule has 1 saturated heterocycles. The number of carbonyl (C=O) groups excluding carboxylic acids is 1. The molecule has 1 aliphatic heterocycles. The maximum absolute atomic E-state index is 12.7. The molecule has 3 heterocycles. The Kier molecular flexibility index (Phi) is 5.22. The summed E-state index contributed by atoms with van der Waals surface area (Å²) in [6.07, 6.45) is 9.95. The van der Waals surface area contributed by atoms with Crippen LogP contribution in [0.1, 0.15) is 52.2 Å². The van der Waals surface area contributed by atoms with Crippen molar-refractivity contribution < 1.29 is 4.79 Å². The summed E-state index contributed by atoms with van der Waals surface area (Å²) in [5.74, 6) is 2.58. The molecule has 3 aliphatic rings. The van der Waals surface area contributed by atoms with Crippen molar-refractivity contribution in [3.8, 4) is 6.07 Å². The van der Waals surface area contributed by atoms with E-state index >= 15 is 0 Å². The Morgan fingerprint density at radius 3 is 2.65 bits per heavy atom. The molecule has 2 aliphatic carbocycles. The summed E-state index contributed by atoms with van der Waals surface area (Å²) in [5, 5.41) is 17.4. The molecule has 1 N–H and O–H groups in total. The van der Waals surface area contributed by atoms with Crippen molar-refractivity contribution in [3.63, 3.8) is 0 Å². The molecule has 0 bridgehead atoms. The van der Waals surface area contributed by atoms with Gasteiger partial charge in [0.15, 0.2) is 0 Å². The first-order valence-electron chi connectivity index (χ1n) is 11.6. The Hall–Kier alpha value is -3.44. The smallest absolute Gasteiger partial charge is 0.254 e. The van der Waals surface area contributed by atoms with Crippen LogP contribution in [0.25, 0.3) is 0 Å². The van der Waals surface area contributed by atoms with E-state index < -0.39 is 0 Å². The van der Waals surface area contributed by atoms with Crippen molar-refractivity contribution in [3.05, 3.63) is 70.3 Å². The van der Waals surface area contributed by atoms with Crippen LogP contribution in [0.4, 0.5) is 5.95 Å². The third-order valence-electron chi connectivity index (χ3n) is 7.24. The van der Waals surface area contributed by atoms with Gasteiger partial charge in [-0.25, -0.2) is 9.97 Å². The molecule has 2 atom stereocenters. The number of amides is 1. The van der Waals surface area contributed by atoms with Crippen LogP contribution in [-0.2, 0) is 6.54 Å². The summed E-state index contributed by atoms with van der Waals surface area (Å²) >= 11 is 6.11. The summed E-state index contributed by atoms with van der Waals surface area (Å²) in [4.78, 5) is 24.0. The monoisotopic (exact) mass is 473 g/mol. The number of halogens is 1. The summed E-state index contributed by atoms with van der Waals surface area (Å²) in [6.45, 7) is 2.65. The predicted octanol–water partition coefficient (Wildman–Crippen LogP) is 3.38. The second-order valence-electron chi connectivity index (χ2n) is 9.66. The van der Waals surface area contributed by atoms with E-state index in [2.05, 4.69) is 31.4 Å². The molecule has 0 spiro atoms. The molecule has 1 aromatic carbocycles. The van der Waals surface area contributed by atoms with E-state index in [1.54, 1.807) is 29.2 Å². The van der Waals surface area contributed by atoms with Gasteiger partial charge in [0.2, 0.25) is 5.95 Å². The van der Waals surface area contributed by atoms with Gasteiger partial charge in [-0.15, -0.1) is 0 Å². The van der Waals surface area contributed by atoms with Gasteiger partial charge in [0.25, 0.3) is 5.91 Å². The highest BCUT2D eigenvalue weighted by atomic mass is 35.5. The van der Waals surface area contributed by atoms with Gasteiger partial charge in [-0.1, -0.05) is 11.6 Å². The average Bonchev–Trinajstić information content (AvgIpc) is 3.18. The van der Waals surface area contributed by atoms with Crippen LogP contribution in [0.5, 0.6) is 0 Å². The summed E-state index contributed by atoms with van der Waals surface area (Å²) in [5.41, 5.74) is 3.08. The number of rotatable bonds is 6. The number of piperidine rings is 1. The third kappa shape index (κ3) is 4.12. The number of hydrogen-bond donors (Lipinski definition) is 1. The maximum Gasteiger partial charge on any atom is 0.254 e. The zero-order chi connectivity index (χ0) is 23.2. The zero-order valence-corrected chi connectivity index (χ0v) is 19.3. The molecule has 2 aromatic heterocycles. The van der Waals surface area contributed by atoms with E-state index in [0.717, 1.165) is 54.8 Å². The Labute approximate surface area is 202 Å². The molecule has 172 valence electrons. The second-order valence-corrected chi connectivity index (χ2v) is 10.1. The second kappa shape index (κ2) is 8.41. The van der Waals surface area contributed by atoms with Crippen molar-refractivity contribution in [2.75, 3.05) is 18.0 Å². The van der Waals surface area contributed by atoms with Crippen LogP contribution in [0.3, 0.4) is 0 Å². The molecular formula is C25H24ClN7O. The molecule has 0 radical (unpaired) electrons. The summed E-state index contributed by atoms with van der Waals surface area (Å²) in [6, 6.07) is 7.65. The van der Waals surface area contributed by atoms with E-state index in [-0.39, 0.29) is 17.9 Å². The lowest BCUT2D eigenvalue weighted by molar-refractivity contribution is 0.0909. The van der Waals surface area contributed by atoms with E-state index in [1.165, 1.54) is 6.42 Å². The van der Waals surface area contributed by atoms with Gasteiger partial charge < -0.3 is 10.2 Å². The number of benzene rings is 1. The molecule has 6 rings (SSSR count). The van der Waals surface area contributed by atoms with Gasteiger partial charge in [-0.3, -0.25) is 9.48 Å². The highest BCUT2D eigenvalue weighted by Crippen LogP contribution is 2.45. The fourth-order valence-corrected chi connectivity index (χ4v) is 5.32. The lowest BCUT2D eigenvalue weighted by Gasteiger charge is -2.36. The fraction of sp³-hybridized carbons (Fsp3) is 0.400. The molecule has 3 fully saturated rings. The normalized spacial score (nSPS) is 24.8. The van der Waals surface area contributed by atoms with Gasteiger partial charge in [-0.2, -0.15) is 10.4 Å². The van der Waals surface area contributed by atoms with Crippen LogP contribution >= 0.6 is 11.6 Å². The van der Waals surface area contributed by atoms with Crippen molar-refractivity contribution in [1.82, 2.24) is 25.1 Å². The standard InChI is InChI=1S/C25H24ClN7O/c26-21-2-1-16(7-27)23(6-21)17-4-22(5-17)31-24(34)20-10-30-33(14-20)11-15-8-28-25(29-9-15)32-12-18-3-19(18)13-32/h1-2,6,8-10,14,17-19,22H,3-5,11-13H2,(H,31,34)/t17-,18?,19?,22+. The number of carbonyl (C=O) groups is 1. The molecule has 2 saturated carbocycles. The lowest BCUT2D eigenvalue weighted by atomic mass is 9.74. The molecule has 2 unspecified atom stereocenters. The number of nitrogens with zero attached hydrogens (tertiary/aromatic N) is 6. The van der Waals surface area contributed by atoms with Crippen LogP contribution < -0.4 is 10.2 Å². The molecule has 1 amide bonds. The minimum absolute atomic E-state index is 0.0731. The first-order chi connectivity index (χ1) is 16.6. The highest BCUT2D eigenvalue weighted by Gasteiger charge is 2.45. The van der Waals surface area contributed by atoms with Gasteiger partial charge in [0.1, 0.15) is 0 Å². The van der Waals surface area contributed by atoms with Gasteiger partial charge in [-0.05, 0) is 60.8 Å². The Balaban J connectivity index is 1.02. The number of nitrogens with one attached hydrogen (secondary N) is 1. The Morgan fingerprint density at radius 1 is 1.15 bits per heavy atom. The van der Waals surface area contributed by atoms with E-state index in [0.29, 0.717) is 22.7 Å². The van der Waals surface area contributed by atoms with Gasteiger partial charge in [0.05, 0.1) is 29.9 Å². The predicted molar refractivity (Wildman–Crippen MR) is 127 cm³/mol. The molecule has 34 heavy (non-hydrogen) atoms. The lowest BCUT2D eigenvalue weighted by Crippen LogP contribution is -2.43. The fourth-order valence-electron chi connectivity index (χ4n) is 5.14. The third-order valence-corrected chi connectivity index (χ3v) is 7.48. The summed E-state index contributed by atoms with van der Waals surface area (Å²) < 4.78 is 1.73. The SMILES string of the molecule is N#Cc1ccc(Cl)cc1[C@H]1C[C@@H](NC(=O)c2cnn(Cc3cnc(N4CC5CC5C4)nc3)c2)C1. The van der Waals surface area contributed by atoms with Crippen molar-refractivity contribution >= 4 is 23.5 Å². The Bertz CT molecular complexity index is 1270. The number of hydrogen-bond acceptors (Lipinski definition) is 6. The van der Waals surface area contributed by atoms with E-state index in [1.807, 2.05) is 18.5 Å². The molecule has 3 aromatic rings. The minimum Gasteiger partial charge on any atom is -0.349 e. The van der Waals surface area contributed by atoms with Crippen LogP contribution in [0.15, 0.2) is 43.0 Å². The first kappa shape index (κ1) is 21.1. The molecule has 8 nitrogen and oxygen atoms in total. The highest BCUT2D eigenvalue weighted by molar-refractivity contribution is 6.30. The number of aromatic nitrogens is 4. The topological polar surface area (TPSA) is 99.7 Å². The van der Waals surface area contributed by atoms with Crippen LogP contribution in [-0.4, -0.2) is 44.8 Å². The quantitative estimate of drug-likeness (QED) is 0.589. The van der Waals surface area contributed by atoms with Crippen molar-refractivity contribution in [1.29, 1.82) is 5.26 Å². The molecular weight excluding hydrogens is 450 g/mol. The number of nitriles is 1. The average molecular weight is 474 g/mol. The van der Waals surface area contributed by atoms with Gasteiger partial charge >= 0.3 is 0 Å². The van der Waals surface area contributed by atoms with Crippen molar-refractivity contribution in [2.45, 2.75) is 37.8 Å². The maximum atomic E-state index is 12.7. The minimum atomic E-state index is -0.138. The van der Waals surface area contributed by atoms with Gasteiger partial charge in [0, 0.05) is 48.3 Å². The van der Waals surface area contributed by atoms with E-state index in [4.69, 9.17) is 11.6 Å². The van der Waals surface area contributed by atoms with Crippen LogP contribution in [0, 0.1) is 23.2 Å². The van der Waals surface area contributed by atoms with E-state index in [9.17, 15) is 10.1 Å². The zero-order valence-electron chi connectivity index (χ0n) is 18.6. The summed E-state index contributed by atoms with van der Waals surface area (Å²) in [7, 11) is 0. The largest absolute Gasteiger partial charge is 0.349 e. The van der Waals surface area contributed by atoms with Crippen LogP contribution in [0.2, 0.25) is 5.02 Å². The Morgan fingerprint density at radius 2 is 1.91 bits per heavy atom. The number of anilines is 1. The first-order valence-corrected chi connectivity index (χ1v) is 12.0.